The zero-order valence-electron chi connectivity index (χ0n) is 17.3. The number of fused-ring (bicyclic) bond motifs is 2. The molecule has 0 aromatic carbocycles. The molecule has 9 nitrogen and oxygen atoms in total. The fourth-order valence-corrected chi connectivity index (χ4v) is 4.47. The Morgan fingerprint density at radius 2 is 2.13 bits per heavy atom. The van der Waals surface area contributed by atoms with E-state index in [1.165, 1.54) is 17.2 Å². The second-order valence-corrected chi connectivity index (χ2v) is 14.5. The summed E-state index contributed by atoms with van der Waals surface area (Å²) in [7, 11) is -1.25. The van der Waals surface area contributed by atoms with Gasteiger partial charge in [0.15, 0.2) is 17.2 Å². The van der Waals surface area contributed by atoms with E-state index in [0.29, 0.717) is 29.4 Å². The number of hydrogen-bond donors (Lipinski definition) is 0. The van der Waals surface area contributed by atoms with Crippen molar-refractivity contribution in [2.24, 2.45) is 0 Å². The second-order valence-electron chi connectivity index (χ2n) is 8.91. The van der Waals surface area contributed by atoms with Gasteiger partial charge < -0.3 is 9.47 Å². The minimum Gasteiger partial charge on any atom is -0.473 e. The maximum atomic E-state index is 13.5. The Bertz CT molecular complexity index is 1010. The number of aromatic nitrogens is 2. The van der Waals surface area contributed by atoms with Gasteiger partial charge in [0.25, 0.3) is 11.6 Å². The maximum Gasteiger partial charge on any atom is 0.287 e. The number of pyridine rings is 2. The molecule has 1 aliphatic carbocycles. The number of carbonyl (C=O) groups excluding carboxylic acids is 1. The van der Waals surface area contributed by atoms with Crippen LogP contribution in [0.5, 0.6) is 5.75 Å². The summed E-state index contributed by atoms with van der Waals surface area (Å²) in [6.45, 7) is 7.46. The van der Waals surface area contributed by atoms with Crippen LogP contribution in [0.2, 0.25) is 25.7 Å². The van der Waals surface area contributed by atoms with Crippen LogP contribution in [-0.2, 0) is 22.4 Å². The molecule has 1 spiro atoms. The van der Waals surface area contributed by atoms with Crippen molar-refractivity contribution in [1.29, 1.82) is 0 Å². The van der Waals surface area contributed by atoms with Gasteiger partial charge in [-0.1, -0.05) is 19.6 Å². The molecule has 2 aliphatic rings. The molecular weight excluding hydrogens is 404 g/mol. The third-order valence-electron chi connectivity index (χ3n) is 5.35. The van der Waals surface area contributed by atoms with Crippen LogP contribution in [0.4, 0.5) is 11.5 Å². The Balaban J connectivity index is 1.60. The number of ether oxygens (including phenoxy) is 2. The predicted octanol–water partition coefficient (Wildman–Crippen LogP) is 2.96. The van der Waals surface area contributed by atoms with Crippen LogP contribution in [0.25, 0.3) is 0 Å². The minimum absolute atomic E-state index is 0.0857. The third kappa shape index (κ3) is 3.80. The first-order chi connectivity index (χ1) is 14.2. The molecule has 158 valence electrons. The summed E-state index contributed by atoms with van der Waals surface area (Å²) < 4.78 is 12.0. The summed E-state index contributed by atoms with van der Waals surface area (Å²) in [5, 5.41) is 11.1. The molecule has 0 radical (unpaired) electrons. The van der Waals surface area contributed by atoms with Crippen molar-refractivity contribution < 1.29 is 19.2 Å². The fraction of sp³-hybridized carbons (Fsp3) is 0.450. The molecule has 1 unspecified atom stereocenters. The van der Waals surface area contributed by atoms with Crippen LogP contribution in [0, 0.1) is 10.1 Å². The Morgan fingerprint density at radius 3 is 2.87 bits per heavy atom. The van der Waals surface area contributed by atoms with E-state index in [0.717, 1.165) is 6.04 Å². The number of hydrogen-bond acceptors (Lipinski definition) is 7. The number of nitro groups is 1. The van der Waals surface area contributed by atoms with Gasteiger partial charge in [0, 0.05) is 45.5 Å². The monoisotopic (exact) mass is 428 g/mol. The van der Waals surface area contributed by atoms with Crippen molar-refractivity contribution in [3.63, 3.8) is 0 Å². The van der Waals surface area contributed by atoms with Gasteiger partial charge in [-0.3, -0.25) is 24.8 Å². The van der Waals surface area contributed by atoms with Crippen LogP contribution >= 0.6 is 0 Å². The summed E-state index contributed by atoms with van der Waals surface area (Å²) >= 11 is 0. The Morgan fingerprint density at radius 1 is 1.33 bits per heavy atom. The molecule has 10 heteroatoms. The molecule has 1 atom stereocenters. The zero-order chi connectivity index (χ0) is 21.5. The normalized spacial score (nSPS) is 20.1. The van der Waals surface area contributed by atoms with Gasteiger partial charge in [-0.25, -0.2) is 4.98 Å². The molecule has 2 aromatic heterocycles. The summed E-state index contributed by atoms with van der Waals surface area (Å²) in [5.74, 6) is 0.659. The van der Waals surface area contributed by atoms with Crippen molar-refractivity contribution in [2.45, 2.75) is 44.1 Å². The number of rotatable bonds is 6. The molecule has 1 amide bonds. The van der Waals surface area contributed by atoms with Gasteiger partial charge in [-0.2, -0.15) is 0 Å². The lowest BCUT2D eigenvalue weighted by Gasteiger charge is -2.39. The van der Waals surface area contributed by atoms with Gasteiger partial charge in [0.1, 0.15) is 12.9 Å². The van der Waals surface area contributed by atoms with Gasteiger partial charge in [-0.05, 0) is 23.7 Å². The van der Waals surface area contributed by atoms with Crippen molar-refractivity contribution >= 4 is 25.5 Å². The molecule has 4 rings (SSSR count). The van der Waals surface area contributed by atoms with Crippen LogP contribution in [0.3, 0.4) is 0 Å². The van der Waals surface area contributed by atoms with Crippen LogP contribution < -0.4 is 9.64 Å². The van der Waals surface area contributed by atoms with E-state index in [1.54, 1.807) is 18.3 Å². The van der Waals surface area contributed by atoms with Gasteiger partial charge in [0.2, 0.25) is 0 Å². The van der Waals surface area contributed by atoms with E-state index >= 15 is 0 Å². The van der Waals surface area contributed by atoms with E-state index in [9.17, 15) is 14.9 Å². The first-order valence-electron chi connectivity index (χ1n) is 9.84. The lowest BCUT2D eigenvalue weighted by molar-refractivity contribution is -0.385. The SMILES string of the molecule is C[Si](C)(C)CCOCN1C(=O)C2(Cc3cc([N+](=O)[O-])cnc3C2)Oc2cccnc21. The first kappa shape index (κ1) is 20.4. The summed E-state index contributed by atoms with van der Waals surface area (Å²) in [5.41, 5.74) is 0.0102. The molecule has 0 fully saturated rings. The standard InChI is InChI=1S/C20H24N4O5Si/c1-30(2,3)8-7-28-13-23-18-17(5-4-6-21-18)29-20(19(23)25)10-14-9-15(24(26)27)12-22-16(14)11-20/h4-6,9,12H,7-8,10-11,13H2,1-3H3. The average molecular weight is 429 g/mol. The fourth-order valence-electron chi connectivity index (χ4n) is 3.72. The van der Waals surface area contributed by atoms with Gasteiger partial charge in [-0.15, -0.1) is 0 Å². The molecule has 0 saturated heterocycles. The summed E-state index contributed by atoms with van der Waals surface area (Å²) in [4.78, 5) is 34.2. The Labute approximate surface area is 175 Å². The molecular formula is C20H24N4O5Si. The highest BCUT2D eigenvalue weighted by atomic mass is 28.3. The minimum atomic E-state index is -1.25. The average Bonchev–Trinajstić information content (AvgIpc) is 3.05. The summed E-state index contributed by atoms with van der Waals surface area (Å²) in [6, 6.07) is 5.98. The van der Waals surface area contributed by atoms with Crippen LogP contribution in [-0.4, -0.2) is 47.8 Å². The predicted molar refractivity (Wildman–Crippen MR) is 112 cm³/mol. The van der Waals surface area contributed by atoms with E-state index in [1.807, 2.05) is 0 Å². The van der Waals surface area contributed by atoms with Crippen LogP contribution in [0.15, 0.2) is 30.6 Å². The lowest BCUT2D eigenvalue weighted by Crippen LogP contribution is -2.57. The number of nitrogens with zero attached hydrogens (tertiary/aromatic N) is 4. The van der Waals surface area contributed by atoms with E-state index in [-0.39, 0.29) is 31.2 Å². The number of anilines is 1. The molecule has 3 heterocycles. The molecule has 0 N–H and O–H groups in total. The molecule has 0 bridgehead atoms. The lowest BCUT2D eigenvalue weighted by atomic mass is 9.96. The van der Waals surface area contributed by atoms with E-state index in [4.69, 9.17) is 9.47 Å². The zero-order valence-corrected chi connectivity index (χ0v) is 18.3. The van der Waals surface area contributed by atoms with Crippen molar-refractivity contribution in [3.8, 4) is 5.75 Å². The smallest absolute Gasteiger partial charge is 0.287 e. The Hall–Kier alpha value is -2.85. The second kappa shape index (κ2) is 7.44. The van der Waals surface area contributed by atoms with Crippen molar-refractivity contribution in [2.75, 3.05) is 18.2 Å². The highest BCUT2D eigenvalue weighted by molar-refractivity contribution is 6.76. The van der Waals surface area contributed by atoms with Gasteiger partial charge in [0.05, 0.1) is 4.92 Å². The van der Waals surface area contributed by atoms with Crippen LogP contribution in [0.1, 0.15) is 11.3 Å². The number of amides is 1. The highest BCUT2D eigenvalue weighted by Gasteiger charge is 2.53. The largest absolute Gasteiger partial charge is 0.473 e. The van der Waals surface area contributed by atoms with E-state index in [2.05, 4.69) is 29.6 Å². The summed E-state index contributed by atoms with van der Waals surface area (Å²) in [6.07, 6.45) is 3.29. The molecule has 0 saturated carbocycles. The van der Waals surface area contributed by atoms with E-state index < -0.39 is 18.6 Å². The maximum absolute atomic E-state index is 13.5. The molecule has 1 aliphatic heterocycles. The van der Waals surface area contributed by atoms with Crippen molar-refractivity contribution in [1.82, 2.24) is 9.97 Å². The third-order valence-corrected chi connectivity index (χ3v) is 7.05. The Kier molecular flexibility index (Phi) is 5.06. The van der Waals surface area contributed by atoms with Gasteiger partial charge >= 0.3 is 0 Å². The highest BCUT2D eigenvalue weighted by Crippen LogP contribution is 2.42. The first-order valence-corrected chi connectivity index (χ1v) is 13.6. The number of carbonyl (C=O) groups is 1. The molecule has 2 aromatic rings. The topological polar surface area (TPSA) is 108 Å². The quantitative estimate of drug-likeness (QED) is 0.301. The molecule has 30 heavy (non-hydrogen) atoms. The van der Waals surface area contributed by atoms with Crippen molar-refractivity contribution in [3.05, 3.63) is 52.0 Å².